The Hall–Kier alpha value is -3.71. The highest BCUT2D eigenvalue weighted by Crippen LogP contribution is 2.20. The molecule has 0 unspecified atom stereocenters. The van der Waals surface area contributed by atoms with Crippen LogP contribution in [0.5, 0.6) is 0 Å². The van der Waals surface area contributed by atoms with Gasteiger partial charge in [0.05, 0.1) is 0 Å². The minimum Gasteiger partial charge on any atom is -0.348 e. The van der Waals surface area contributed by atoms with Gasteiger partial charge < -0.3 is 10.6 Å². The average Bonchev–Trinajstić information content (AvgIpc) is 2.84. The summed E-state index contributed by atoms with van der Waals surface area (Å²) < 4.78 is 13.1. The van der Waals surface area contributed by atoms with E-state index in [0.29, 0.717) is 23.8 Å². The number of carbonyl (C=O) groups is 1. The Labute approximate surface area is 190 Å². The highest BCUT2D eigenvalue weighted by molar-refractivity contribution is 7.98. The Morgan fingerprint density at radius 3 is 2.34 bits per heavy atom. The highest BCUT2D eigenvalue weighted by atomic mass is 32.2. The van der Waals surface area contributed by atoms with Crippen LogP contribution >= 0.6 is 11.8 Å². The van der Waals surface area contributed by atoms with Crippen LogP contribution in [0.4, 0.5) is 15.9 Å². The number of nitrogens with one attached hydrogen (secondary N) is 2. The Kier molecular flexibility index (Phi) is 6.77. The molecule has 1 aromatic heterocycles. The molecule has 0 atom stereocenters. The number of aromatic nitrogens is 2. The van der Waals surface area contributed by atoms with Crippen LogP contribution in [0.25, 0.3) is 11.4 Å². The van der Waals surface area contributed by atoms with Gasteiger partial charge in [-0.25, -0.2) is 14.4 Å². The van der Waals surface area contributed by atoms with E-state index in [9.17, 15) is 9.18 Å². The van der Waals surface area contributed by atoms with Crippen LogP contribution < -0.4 is 10.6 Å². The number of hydrogen-bond acceptors (Lipinski definition) is 5. The van der Waals surface area contributed by atoms with Crippen molar-refractivity contribution in [3.05, 3.63) is 102 Å². The third kappa shape index (κ3) is 5.50. The lowest BCUT2D eigenvalue weighted by atomic mass is 10.1. The van der Waals surface area contributed by atoms with Crippen LogP contribution in [0.2, 0.25) is 0 Å². The summed E-state index contributed by atoms with van der Waals surface area (Å²) in [5, 5.41) is 6.14. The van der Waals surface area contributed by atoms with Gasteiger partial charge in [0.15, 0.2) is 5.82 Å². The van der Waals surface area contributed by atoms with E-state index in [0.717, 1.165) is 16.8 Å². The summed E-state index contributed by atoms with van der Waals surface area (Å²) in [5.74, 6) is 0.661. The topological polar surface area (TPSA) is 66.9 Å². The molecule has 0 fully saturated rings. The van der Waals surface area contributed by atoms with Crippen LogP contribution in [0, 0.1) is 5.82 Å². The van der Waals surface area contributed by atoms with Crippen LogP contribution in [0.1, 0.15) is 15.9 Å². The van der Waals surface area contributed by atoms with Gasteiger partial charge in [-0.2, -0.15) is 0 Å². The van der Waals surface area contributed by atoms with E-state index < -0.39 is 0 Å². The Morgan fingerprint density at radius 2 is 1.66 bits per heavy atom. The predicted molar refractivity (Wildman–Crippen MR) is 127 cm³/mol. The molecule has 0 aliphatic heterocycles. The van der Waals surface area contributed by atoms with Crippen molar-refractivity contribution in [1.82, 2.24) is 15.3 Å². The standard InChI is InChI=1S/C25H21FN4OS/c1-32-22-12-2-17(3-13-22)16-28-25(31)19-6-10-21(11-7-19)29-23-14-15-27-24(30-23)18-4-8-20(26)9-5-18/h2-15H,16H2,1H3,(H,28,31)(H,27,29,30). The van der Waals surface area contributed by atoms with Crippen LogP contribution in [-0.4, -0.2) is 22.1 Å². The lowest BCUT2D eigenvalue weighted by Gasteiger charge is -2.09. The first-order valence-corrected chi connectivity index (χ1v) is 11.2. The molecular formula is C25H21FN4OS. The molecule has 2 N–H and O–H groups in total. The molecule has 4 aromatic rings. The second kappa shape index (κ2) is 10.1. The summed E-state index contributed by atoms with van der Waals surface area (Å²) in [6.45, 7) is 0.473. The number of anilines is 2. The minimum atomic E-state index is -0.305. The molecule has 7 heteroatoms. The van der Waals surface area contributed by atoms with Crippen molar-refractivity contribution in [3.8, 4) is 11.4 Å². The highest BCUT2D eigenvalue weighted by Gasteiger charge is 2.07. The van der Waals surface area contributed by atoms with Gasteiger partial charge in [-0.05, 0) is 78.5 Å². The first-order valence-electron chi connectivity index (χ1n) is 9.98. The molecule has 3 aromatic carbocycles. The van der Waals surface area contributed by atoms with Crippen molar-refractivity contribution in [2.24, 2.45) is 0 Å². The second-order valence-electron chi connectivity index (χ2n) is 7.01. The van der Waals surface area contributed by atoms with E-state index in [1.54, 1.807) is 48.3 Å². The number of carbonyl (C=O) groups excluding carboxylic acids is 1. The van der Waals surface area contributed by atoms with Gasteiger partial charge in [0.2, 0.25) is 0 Å². The van der Waals surface area contributed by atoms with E-state index in [2.05, 4.69) is 20.6 Å². The molecule has 1 amide bonds. The molecule has 0 aliphatic rings. The molecule has 1 heterocycles. The molecule has 0 saturated heterocycles. The maximum atomic E-state index is 13.1. The lowest BCUT2D eigenvalue weighted by Crippen LogP contribution is -2.22. The third-order valence-corrected chi connectivity index (χ3v) is 5.53. The molecule has 0 radical (unpaired) electrons. The molecule has 0 saturated carbocycles. The van der Waals surface area contributed by atoms with E-state index in [1.807, 2.05) is 42.7 Å². The fourth-order valence-corrected chi connectivity index (χ4v) is 3.46. The SMILES string of the molecule is CSc1ccc(CNC(=O)c2ccc(Nc3ccnc(-c4ccc(F)cc4)n3)cc2)cc1. The maximum absolute atomic E-state index is 13.1. The monoisotopic (exact) mass is 444 g/mol. The molecular weight excluding hydrogens is 423 g/mol. The van der Waals surface area contributed by atoms with Crippen molar-refractivity contribution in [3.63, 3.8) is 0 Å². The number of benzene rings is 3. The van der Waals surface area contributed by atoms with Gasteiger partial charge in [0.25, 0.3) is 5.91 Å². The van der Waals surface area contributed by atoms with E-state index in [4.69, 9.17) is 0 Å². The lowest BCUT2D eigenvalue weighted by molar-refractivity contribution is 0.0951. The predicted octanol–water partition coefficient (Wildman–Crippen LogP) is 5.68. The number of halogens is 1. The summed E-state index contributed by atoms with van der Waals surface area (Å²) in [5.41, 5.74) is 3.14. The minimum absolute atomic E-state index is 0.133. The number of nitrogens with zero attached hydrogens (tertiary/aromatic N) is 2. The van der Waals surface area contributed by atoms with Crippen molar-refractivity contribution in [1.29, 1.82) is 0 Å². The van der Waals surface area contributed by atoms with Crippen molar-refractivity contribution < 1.29 is 9.18 Å². The molecule has 4 rings (SSSR count). The molecule has 0 bridgehead atoms. The van der Waals surface area contributed by atoms with Gasteiger partial charge >= 0.3 is 0 Å². The average molecular weight is 445 g/mol. The van der Waals surface area contributed by atoms with Gasteiger partial charge in [0.1, 0.15) is 11.6 Å². The van der Waals surface area contributed by atoms with E-state index >= 15 is 0 Å². The number of rotatable bonds is 7. The first kappa shape index (κ1) is 21.5. The van der Waals surface area contributed by atoms with Crippen molar-refractivity contribution >= 4 is 29.2 Å². The zero-order valence-corrected chi connectivity index (χ0v) is 18.2. The number of amides is 1. The summed E-state index contributed by atoms with van der Waals surface area (Å²) in [4.78, 5) is 22.4. The third-order valence-electron chi connectivity index (χ3n) is 4.79. The van der Waals surface area contributed by atoms with Crippen molar-refractivity contribution in [2.45, 2.75) is 11.4 Å². The molecule has 32 heavy (non-hydrogen) atoms. The van der Waals surface area contributed by atoms with Crippen LogP contribution in [0.3, 0.4) is 0 Å². The molecule has 0 spiro atoms. The summed E-state index contributed by atoms with van der Waals surface area (Å²) >= 11 is 1.69. The largest absolute Gasteiger partial charge is 0.348 e. The zero-order chi connectivity index (χ0) is 22.3. The van der Waals surface area contributed by atoms with Gasteiger partial charge in [-0.1, -0.05) is 12.1 Å². The summed E-state index contributed by atoms with van der Waals surface area (Å²) in [6, 6.07) is 23.1. The molecule has 160 valence electrons. The smallest absolute Gasteiger partial charge is 0.251 e. The van der Waals surface area contributed by atoms with Crippen LogP contribution in [-0.2, 0) is 6.54 Å². The Morgan fingerprint density at radius 1 is 0.938 bits per heavy atom. The fraction of sp³-hybridized carbons (Fsp3) is 0.0800. The van der Waals surface area contributed by atoms with Gasteiger partial charge in [-0.15, -0.1) is 11.8 Å². The van der Waals surface area contributed by atoms with Gasteiger partial charge in [0, 0.05) is 34.5 Å². The number of thioether (sulfide) groups is 1. The quantitative estimate of drug-likeness (QED) is 0.359. The Bertz CT molecular complexity index is 1200. The second-order valence-corrected chi connectivity index (χ2v) is 7.89. The van der Waals surface area contributed by atoms with E-state index in [1.165, 1.54) is 17.0 Å². The first-order chi connectivity index (χ1) is 15.6. The maximum Gasteiger partial charge on any atom is 0.251 e. The molecule has 0 aliphatic carbocycles. The summed E-state index contributed by atoms with van der Waals surface area (Å²) in [7, 11) is 0. The molecule has 5 nitrogen and oxygen atoms in total. The normalized spacial score (nSPS) is 10.6. The summed E-state index contributed by atoms with van der Waals surface area (Å²) in [6.07, 6.45) is 3.67. The van der Waals surface area contributed by atoms with Gasteiger partial charge in [-0.3, -0.25) is 4.79 Å². The van der Waals surface area contributed by atoms with Crippen LogP contribution in [0.15, 0.2) is 90.0 Å². The number of hydrogen-bond donors (Lipinski definition) is 2. The fourth-order valence-electron chi connectivity index (χ4n) is 3.05. The zero-order valence-electron chi connectivity index (χ0n) is 17.4. The van der Waals surface area contributed by atoms with E-state index in [-0.39, 0.29) is 11.7 Å². The Balaban J connectivity index is 1.37. The van der Waals surface area contributed by atoms with Crippen molar-refractivity contribution in [2.75, 3.05) is 11.6 Å².